The first-order valence-electron chi connectivity index (χ1n) is 11.0. The number of nitrogens with one attached hydrogen (secondary N) is 2. The average Bonchev–Trinajstić information content (AvgIpc) is 3.55. The van der Waals surface area contributed by atoms with Gasteiger partial charge in [0.25, 0.3) is 11.8 Å². The molecule has 170 valence electrons. The van der Waals surface area contributed by atoms with E-state index in [4.69, 9.17) is 0 Å². The molecule has 0 aliphatic carbocycles. The number of carboxylic acid groups (broad SMARTS) is 1. The summed E-state index contributed by atoms with van der Waals surface area (Å²) in [5, 5.41) is 15.8. The van der Waals surface area contributed by atoms with Crippen LogP contribution in [0.1, 0.15) is 61.3 Å². The molecule has 0 radical (unpaired) electrons. The molecule has 10 nitrogen and oxygen atoms in total. The lowest BCUT2D eigenvalue weighted by Crippen LogP contribution is -2.47. The summed E-state index contributed by atoms with van der Waals surface area (Å²) < 4.78 is 0. The van der Waals surface area contributed by atoms with Gasteiger partial charge in [-0.05, 0) is 37.0 Å². The van der Waals surface area contributed by atoms with Gasteiger partial charge in [0, 0.05) is 43.5 Å². The summed E-state index contributed by atoms with van der Waals surface area (Å²) in [6, 6.07) is 5.92. The number of imidazole rings is 1. The van der Waals surface area contributed by atoms with Crippen LogP contribution in [0, 0.1) is 5.92 Å². The van der Waals surface area contributed by atoms with Gasteiger partial charge in [-0.2, -0.15) is 5.10 Å². The number of likely N-dealkylation sites (tertiary alicyclic amines) is 1. The first-order valence-corrected chi connectivity index (χ1v) is 11.0. The third kappa shape index (κ3) is 3.88. The second-order valence-electron chi connectivity index (χ2n) is 8.46. The number of aromatic amines is 2. The molecule has 2 aliphatic rings. The second kappa shape index (κ2) is 8.53. The number of piperidine rings is 1. The highest BCUT2D eigenvalue weighted by atomic mass is 16.4. The van der Waals surface area contributed by atoms with E-state index in [-0.39, 0.29) is 29.3 Å². The Balaban J connectivity index is 1.38. The number of rotatable bonds is 4. The maximum atomic E-state index is 13.5. The predicted molar refractivity (Wildman–Crippen MR) is 117 cm³/mol. The zero-order chi connectivity index (χ0) is 22.9. The van der Waals surface area contributed by atoms with E-state index in [0.717, 1.165) is 24.2 Å². The number of carboxylic acids is 1. The van der Waals surface area contributed by atoms with E-state index in [1.54, 1.807) is 24.7 Å². The van der Waals surface area contributed by atoms with Crippen LogP contribution in [-0.2, 0) is 6.42 Å². The zero-order valence-corrected chi connectivity index (χ0v) is 17.9. The van der Waals surface area contributed by atoms with E-state index in [1.165, 1.54) is 18.3 Å². The van der Waals surface area contributed by atoms with Crippen molar-refractivity contribution in [2.45, 2.75) is 25.3 Å². The van der Waals surface area contributed by atoms with Gasteiger partial charge in [-0.3, -0.25) is 14.7 Å². The number of H-pyrrole nitrogens is 2. The lowest BCUT2D eigenvalue weighted by atomic mass is 9.83. The summed E-state index contributed by atoms with van der Waals surface area (Å²) in [4.78, 5) is 49.0. The number of hydrogen-bond donors (Lipinski definition) is 3. The number of aromatic nitrogens is 4. The molecule has 5 rings (SSSR count). The minimum atomic E-state index is -1.07. The van der Waals surface area contributed by atoms with Crippen molar-refractivity contribution in [3.8, 4) is 0 Å². The summed E-state index contributed by atoms with van der Waals surface area (Å²) in [5.41, 5.74) is 2.87. The number of aromatic carboxylic acids is 1. The van der Waals surface area contributed by atoms with Crippen LogP contribution in [0.2, 0.25) is 0 Å². The van der Waals surface area contributed by atoms with Crippen LogP contribution in [0.25, 0.3) is 0 Å². The van der Waals surface area contributed by atoms with Crippen LogP contribution in [0.15, 0.2) is 43.0 Å². The molecule has 0 saturated carbocycles. The standard InChI is InChI=1S/C23H24N6O4/c30-21(17-11-26-27-12-17)28-7-4-14(5-8-28)20-19-18(24-13-25-19)6-9-29(20)22(31)15-2-1-3-16(10-15)23(32)33/h1-3,10-14,20H,4-9H2,(H,24,25)(H,26,27)(H,32,33). The molecule has 33 heavy (non-hydrogen) atoms. The van der Waals surface area contributed by atoms with Gasteiger partial charge in [0.05, 0.1) is 35.4 Å². The van der Waals surface area contributed by atoms with E-state index in [9.17, 15) is 19.5 Å². The molecular weight excluding hydrogens is 424 g/mol. The quantitative estimate of drug-likeness (QED) is 0.560. The molecule has 0 spiro atoms. The lowest BCUT2D eigenvalue weighted by Gasteiger charge is -2.43. The molecule has 10 heteroatoms. The van der Waals surface area contributed by atoms with Crippen LogP contribution >= 0.6 is 0 Å². The van der Waals surface area contributed by atoms with Crippen molar-refractivity contribution in [3.63, 3.8) is 0 Å². The number of hydrogen-bond acceptors (Lipinski definition) is 5. The molecule has 2 amide bonds. The van der Waals surface area contributed by atoms with Gasteiger partial charge < -0.3 is 19.9 Å². The zero-order valence-electron chi connectivity index (χ0n) is 17.9. The fourth-order valence-electron chi connectivity index (χ4n) is 4.93. The second-order valence-corrected chi connectivity index (χ2v) is 8.46. The first kappa shape index (κ1) is 20.9. The lowest BCUT2D eigenvalue weighted by molar-refractivity contribution is 0.0432. The monoisotopic (exact) mass is 448 g/mol. The molecule has 2 aliphatic heterocycles. The number of nitrogens with zero attached hydrogens (tertiary/aromatic N) is 4. The number of carbonyl (C=O) groups is 3. The molecule has 3 N–H and O–H groups in total. The Labute approximate surface area is 189 Å². The molecule has 1 fully saturated rings. The van der Waals surface area contributed by atoms with Gasteiger partial charge in [-0.15, -0.1) is 0 Å². The Morgan fingerprint density at radius 2 is 1.82 bits per heavy atom. The third-order valence-electron chi connectivity index (χ3n) is 6.61. The highest BCUT2D eigenvalue weighted by molar-refractivity contribution is 5.98. The van der Waals surface area contributed by atoms with E-state index >= 15 is 0 Å². The Kier molecular flexibility index (Phi) is 5.41. The Morgan fingerprint density at radius 1 is 1.03 bits per heavy atom. The first-order chi connectivity index (χ1) is 16.0. The summed E-state index contributed by atoms with van der Waals surface area (Å²) in [6.45, 7) is 1.69. The molecule has 1 unspecified atom stereocenters. The van der Waals surface area contributed by atoms with Gasteiger partial charge >= 0.3 is 5.97 Å². The summed E-state index contributed by atoms with van der Waals surface area (Å²) in [6.07, 6.45) is 6.91. The third-order valence-corrected chi connectivity index (χ3v) is 6.61. The van der Waals surface area contributed by atoms with Crippen molar-refractivity contribution in [2.75, 3.05) is 19.6 Å². The maximum absolute atomic E-state index is 13.5. The minimum absolute atomic E-state index is 0.0512. The number of fused-ring (bicyclic) bond motifs is 1. The van der Waals surface area contributed by atoms with Crippen molar-refractivity contribution in [1.82, 2.24) is 30.0 Å². The number of amides is 2. The molecule has 1 saturated heterocycles. The van der Waals surface area contributed by atoms with E-state index in [0.29, 0.717) is 37.2 Å². The van der Waals surface area contributed by atoms with Gasteiger partial charge in [0.15, 0.2) is 0 Å². The van der Waals surface area contributed by atoms with Crippen LogP contribution < -0.4 is 0 Å². The summed E-state index contributed by atoms with van der Waals surface area (Å²) in [5.74, 6) is -1.19. The Hall–Kier alpha value is -3.95. The van der Waals surface area contributed by atoms with Crippen molar-refractivity contribution < 1.29 is 19.5 Å². The highest BCUT2D eigenvalue weighted by Crippen LogP contribution is 2.39. The molecule has 1 atom stereocenters. The van der Waals surface area contributed by atoms with Crippen LogP contribution in [-0.4, -0.2) is 72.5 Å². The van der Waals surface area contributed by atoms with E-state index in [2.05, 4.69) is 20.2 Å². The van der Waals surface area contributed by atoms with E-state index < -0.39 is 5.97 Å². The smallest absolute Gasteiger partial charge is 0.335 e. The summed E-state index contributed by atoms with van der Waals surface area (Å²) >= 11 is 0. The van der Waals surface area contributed by atoms with Crippen molar-refractivity contribution in [2.24, 2.45) is 5.92 Å². The number of benzene rings is 1. The average molecular weight is 448 g/mol. The van der Waals surface area contributed by atoms with Crippen LogP contribution in [0.5, 0.6) is 0 Å². The molecule has 4 heterocycles. The van der Waals surface area contributed by atoms with Gasteiger partial charge in [0.2, 0.25) is 0 Å². The van der Waals surface area contributed by atoms with E-state index in [1.807, 2.05) is 9.80 Å². The van der Waals surface area contributed by atoms with Crippen molar-refractivity contribution in [1.29, 1.82) is 0 Å². The van der Waals surface area contributed by atoms with Crippen LogP contribution in [0.4, 0.5) is 0 Å². The minimum Gasteiger partial charge on any atom is -0.478 e. The van der Waals surface area contributed by atoms with Crippen molar-refractivity contribution in [3.05, 3.63) is 71.1 Å². The fourth-order valence-corrected chi connectivity index (χ4v) is 4.93. The van der Waals surface area contributed by atoms with Crippen molar-refractivity contribution >= 4 is 17.8 Å². The maximum Gasteiger partial charge on any atom is 0.335 e. The molecule has 3 aromatic rings. The highest BCUT2D eigenvalue weighted by Gasteiger charge is 2.40. The Bertz CT molecular complexity index is 1180. The molecule has 1 aromatic carbocycles. The number of carbonyl (C=O) groups excluding carboxylic acids is 2. The Morgan fingerprint density at radius 3 is 2.55 bits per heavy atom. The molecule has 2 aromatic heterocycles. The summed E-state index contributed by atoms with van der Waals surface area (Å²) in [7, 11) is 0. The SMILES string of the molecule is O=C(O)c1cccc(C(=O)N2CCc3[nH]cnc3C2C2CCN(C(=O)c3cn[nH]c3)CC2)c1. The molecule has 0 bridgehead atoms. The predicted octanol–water partition coefficient (Wildman–Crippen LogP) is 2.12. The van der Waals surface area contributed by atoms with Gasteiger partial charge in [-0.1, -0.05) is 6.07 Å². The normalized spacial score (nSPS) is 18.7. The van der Waals surface area contributed by atoms with Gasteiger partial charge in [0.1, 0.15) is 0 Å². The topological polar surface area (TPSA) is 135 Å². The van der Waals surface area contributed by atoms with Gasteiger partial charge in [-0.25, -0.2) is 9.78 Å². The fraction of sp³-hybridized carbons (Fsp3) is 0.348. The van der Waals surface area contributed by atoms with Crippen LogP contribution in [0.3, 0.4) is 0 Å². The largest absolute Gasteiger partial charge is 0.478 e. The molecular formula is C23H24N6O4.